The maximum Gasteiger partial charge on any atom is 1.00 e. The van der Waals surface area contributed by atoms with Crippen LogP contribution in [0.15, 0.2) is 4.99 Å². The monoisotopic (exact) mass is 167 g/mol. The molecule has 0 aliphatic heterocycles. The van der Waals surface area contributed by atoms with Crippen molar-refractivity contribution in [3.8, 4) is 0 Å². The summed E-state index contributed by atoms with van der Waals surface area (Å²) in [4.78, 5) is 13.5. The van der Waals surface area contributed by atoms with Crippen molar-refractivity contribution < 1.29 is 39.0 Å². The molecule has 12 heavy (non-hydrogen) atoms. The molecule has 0 rings (SSSR count). The SMILES string of the molecule is CC([O-])=N[C@H](C(=O)O)[C@@H](C)O.[Li+]. The van der Waals surface area contributed by atoms with E-state index in [0.717, 1.165) is 6.92 Å². The molecule has 0 radical (unpaired) electrons. The molecule has 0 unspecified atom stereocenters. The molecule has 0 saturated carbocycles. The average Bonchev–Trinajstić information content (AvgIpc) is 1.81. The number of nitrogens with zero attached hydrogens (tertiary/aromatic N) is 1. The van der Waals surface area contributed by atoms with Gasteiger partial charge in [-0.25, -0.2) is 4.79 Å². The number of aliphatic hydroxyl groups is 1. The number of carboxylic acids is 1. The normalized spacial score (nSPS) is 16.1. The van der Waals surface area contributed by atoms with Gasteiger partial charge < -0.3 is 15.3 Å². The third kappa shape index (κ3) is 5.19. The first-order valence-corrected chi connectivity index (χ1v) is 3.07. The second kappa shape index (κ2) is 6.06. The molecular formula is C6H10LiNO4. The Hall–Kier alpha value is -0.503. The number of carboxylic acid groups (broad SMARTS) is 1. The summed E-state index contributed by atoms with van der Waals surface area (Å²) in [5, 5.41) is 27.5. The van der Waals surface area contributed by atoms with Crippen LogP contribution >= 0.6 is 0 Å². The molecule has 0 heterocycles. The predicted molar refractivity (Wildman–Crippen MR) is 36.2 cm³/mol. The second-order valence-electron chi connectivity index (χ2n) is 2.17. The van der Waals surface area contributed by atoms with Gasteiger partial charge in [-0.05, 0) is 19.7 Å². The Bertz CT molecular complexity index is 176. The first kappa shape index (κ1) is 14.0. The first-order chi connectivity index (χ1) is 4.95. The van der Waals surface area contributed by atoms with Gasteiger partial charge in [0.25, 0.3) is 0 Å². The second-order valence-corrected chi connectivity index (χ2v) is 2.17. The summed E-state index contributed by atoms with van der Waals surface area (Å²) in [6.07, 6.45) is -1.14. The Morgan fingerprint density at radius 1 is 1.58 bits per heavy atom. The molecule has 0 aliphatic rings. The summed E-state index contributed by atoms with van der Waals surface area (Å²) in [6, 6.07) is -1.34. The van der Waals surface area contributed by atoms with Gasteiger partial charge in [0.05, 0.1) is 6.10 Å². The molecule has 0 bridgehead atoms. The van der Waals surface area contributed by atoms with Crippen LogP contribution in [0, 0.1) is 0 Å². The molecule has 0 spiro atoms. The fraction of sp³-hybridized carbons (Fsp3) is 0.667. The zero-order valence-electron chi connectivity index (χ0n) is 7.31. The van der Waals surface area contributed by atoms with Gasteiger partial charge >= 0.3 is 24.8 Å². The molecule has 2 N–H and O–H groups in total. The van der Waals surface area contributed by atoms with E-state index in [9.17, 15) is 9.90 Å². The Balaban J connectivity index is 0. The summed E-state index contributed by atoms with van der Waals surface area (Å²) in [5.41, 5.74) is 0. The summed E-state index contributed by atoms with van der Waals surface area (Å²) in [5.74, 6) is -1.89. The standard InChI is InChI=1S/C6H11NO4.Li/c1-3(8)5(6(10)11)7-4(2)9;/h3,5,8H,1-2H3,(H,7,9)(H,10,11);/q;+1/p-1/t3-,5+;/m1./s1. The molecule has 0 aromatic heterocycles. The van der Waals surface area contributed by atoms with Crippen LogP contribution in [-0.2, 0) is 4.79 Å². The number of hydrogen-bond donors (Lipinski definition) is 2. The van der Waals surface area contributed by atoms with Crippen LogP contribution in [-0.4, -0.2) is 34.2 Å². The van der Waals surface area contributed by atoms with Crippen LogP contribution in [0.25, 0.3) is 0 Å². The Morgan fingerprint density at radius 2 is 2.00 bits per heavy atom. The van der Waals surface area contributed by atoms with E-state index in [4.69, 9.17) is 10.2 Å². The first-order valence-electron chi connectivity index (χ1n) is 3.07. The van der Waals surface area contributed by atoms with Crippen LogP contribution < -0.4 is 24.0 Å². The van der Waals surface area contributed by atoms with Crippen molar-refractivity contribution in [1.82, 2.24) is 0 Å². The van der Waals surface area contributed by atoms with Crippen LogP contribution in [0.3, 0.4) is 0 Å². The minimum atomic E-state index is -1.34. The van der Waals surface area contributed by atoms with E-state index in [1.54, 1.807) is 0 Å². The minimum absolute atomic E-state index is 0. The molecule has 0 aromatic rings. The Morgan fingerprint density at radius 3 is 2.08 bits per heavy atom. The molecular weight excluding hydrogens is 157 g/mol. The number of aliphatic carboxylic acids is 1. The molecule has 0 amide bonds. The van der Waals surface area contributed by atoms with E-state index in [0.29, 0.717) is 0 Å². The Labute approximate surface area is 82.3 Å². The van der Waals surface area contributed by atoms with Gasteiger partial charge in [-0.2, -0.15) is 0 Å². The summed E-state index contributed by atoms with van der Waals surface area (Å²) in [6.45, 7) is 2.41. The van der Waals surface area contributed by atoms with E-state index in [1.165, 1.54) is 6.92 Å². The predicted octanol–water partition coefficient (Wildman–Crippen LogP) is -4.40. The molecule has 0 fully saturated rings. The largest absolute Gasteiger partial charge is 1.00 e. The summed E-state index contributed by atoms with van der Waals surface area (Å²) < 4.78 is 0. The molecule has 0 aromatic carbocycles. The smallest absolute Gasteiger partial charge is 0.862 e. The average molecular weight is 167 g/mol. The van der Waals surface area contributed by atoms with E-state index in [2.05, 4.69) is 4.99 Å². The van der Waals surface area contributed by atoms with E-state index >= 15 is 0 Å². The number of hydrogen-bond acceptors (Lipinski definition) is 4. The molecule has 5 nitrogen and oxygen atoms in total. The van der Waals surface area contributed by atoms with Gasteiger partial charge in [0.15, 0.2) is 6.04 Å². The van der Waals surface area contributed by atoms with Gasteiger partial charge in [-0.15, -0.1) is 0 Å². The zero-order chi connectivity index (χ0) is 9.02. The van der Waals surface area contributed by atoms with Crippen molar-refractivity contribution >= 4 is 11.9 Å². The number of aliphatic imine (C=N–C) groups is 1. The fourth-order valence-electron chi connectivity index (χ4n) is 0.565. The van der Waals surface area contributed by atoms with Crippen LogP contribution in [0.5, 0.6) is 0 Å². The van der Waals surface area contributed by atoms with E-state index < -0.39 is 24.0 Å². The van der Waals surface area contributed by atoms with Crippen LogP contribution in [0.2, 0.25) is 0 Å². The summed E-state index contributed by atoms with van der Waals surface area (Å²) in [7, 11) is 0. The van der Waals surface area contributed by atoms with Gasteiger partial charge in [-0.3, -0.25) is 4.99 Å². The topological polar surface area (TPSA) is 93.0 Å². The third-order valence-electron chi connectivity index (χ3n) is 1.03. The Kier molecular flexibility index (Phi) is 7.10. The minimum Gasteiger partial charge on any atom is -0.862 e. The quantitative estimate of drug-likeness (QED) is 0.252. The molecule has 64 valence electrons. The van der Waals surface area contributed by atoms with Crippen molar-refractivity contribution in [3.05, 3.63) is 0 Å². The number of aliphatic hydroxyl groups excluding tert-OH is 1. The van der Waals surface area contributed by atoms with Gasteiger partial charge in [0.1, 0.15) is 0 Å². The maximum atomic E-state index is 10.3. The third-order valence-corrected chi connectivity index (χ3v) is 1.03. The van der Waals surface area contributed by atoms with Gasteiger partial charge in [0.2, 0.25) is 0 Å². The van der Waals surface area contributed by atoms with Gasteiger partial charge in [0, 0.05) is 0 Å². The van der Waals surface area contributed by atoms with Crippen molar-refractivity contribution in [3.63, 3.8) is 0 Å². The maximum absolute atomic E-state index is 10.3. The summed E-state index contributed by atoms with van der Waals surface area (Å²) >= 11 is 0. The fourth-order valence-corrected chi connectivity index (χ4v) is 0.565. The van der Waals surface area contributed by atoms with Crippen molar-refractivity contribution in [2.45, 2.75) is 26.0 Å². The van der Waals surface area contributed by atoms with Gasteiger partial charge in [-0.1, -0.05) is 0 Å². The van der Waals surface area contributed by atoms with E-state index in [-0.39, 0.29) is 18.9 Å². The van der Waals surface area contributed by atoms with Crippen molar-refractivity contribution in [1.29, 1.82) is 0 Å². The van der Waals surface area contributed by atoms with Crippen LogP contribution in [0.4, 0.5) is 0 Å². The zero-order valence-corrected chi connectivity index (χ0v) is 7.31. The molecule has 0 saturated heterocycles. The van der Waals surface area contributed by atoms with Crippen molar-refractivity contribution in [2.75, 3.05) is 0 Å². The molecule has 6 heteroatoms. The van der Waals surface area contributed by atoms with Crippen LogP contribution in [0.1, 0.15) is 13.8 Å². The van der Waals surface area contributed by atoms with Crippen molar-refractivity contribution in [2.24, 2.45) is 4.99 Å². The number of carbonyl (C=O) groups is 1. The molecule has 2 atom stereocenters. The number of rotatable bonds is 3. The molecule has 0 aliphatic carbocycles. The van der Waals surface area contributed by atoms with E-state index in [1.807, 2.05) is 0 Å².